The van der Waals surface area contributed by atoms with E-state index in [1.807, 2.05) is 0 Å². The zero-order valence-electron chi connectivity index (χ0n) is 11.0. The number of nitrogens with one attached hydrogen (secondary N) is 1. The first-order valence-electron chi connectivity index (χ1n) is 5.93. The summed E-state index contributed by atoms with van der Waals surface area (Å²) >= 11 is 0. The number of rotatable bonds is 7. The van der Waals surface area contributed by atoms with Gasteiger partial charge in [-0.15, -0.1) is 0 Å². The van der Waals surface area contributed by atoms with E-state index < -0.39 is 31.1 Å². The number of urea groups is 1. The summed E-state index contributed by atoms with van der Waals surface area (Å²) in [5, 5.41) is 11.0. The Kier molecular flexibility index (Phi) is 7.25. The lowest BCUT2D eigenvalue weighted by atomic mass is 10.0. The van der Waals surface area contributed by atoms with E-state index in [-0.39, 0.29) is 18.9 Å². The molecular weight excluding hydrogens is 265 g/mol. The molecule has 1 atom stereocenters. The summed E-state index contributed by atoms with van der Waals surface area (Å²) in [6.07, 6.45) is -4.88. The van der Waals surface area contributed by atoms with Crippen LogP contribution in [-0.4, -0.2) is 48.3 Å². The van der Waals surface area contributed by atoms with Crippen molar-refractivity contribution < 1.29 is 27.9 Å². The molecule has 0 rings (SSSR count). The summed E-state index contributed by atoms with van der Waals surface area (Å²) in [6, 6.07) is -0.631. The van der Waals surface area contributed by atoms with Crippen molar-refractivity contribution in [3.63, 3.8) is 0 Å². The maximum atomic E-state index is 12.0. The van der Waals surface area contributed by atoms with Crippen molar-refractivity contribution in [1.82, 2.24) is 10.2 Å². The van der Waals surface area contributed by atoms with Crippen LogP contribution in [-0.2, 0) is 4.79 Å². The average molecular weight is 284 g/mol. The Balaban J connectivity index is 4.04. The highest BCUT2D eigenvalue weighted by atomic mass is 19.4. The van der Waals surface area contributed by atoms with Crippen molar-refractivity contribution in [3.05, 3.63) is 0 Å². The molecule has 0 spiro atoms. The van der Waals surface area contributed by atoms with Gasteiger partial charge in [0.15, 0.2) is 0 Å². The Morgan fingerprint density at radius 1 is 1.37 bits per heavy atom. The first-order chi connectivity index (χ1) is 8.65. The Bertz CT molecular complexity index is 308. The van der Waals surface area contributed by atoms with Gasteiger partial charge in [0.05, 0.1) is 6.42 Å². The molecule has 0 fully saturated rings. The number of carbonyl (C=O) groups excluding carboxylic acids is 1. The molecule has 0 aliphatic rings. The summed E-state index contributed by atoms with van der Waals surface area (Å²) in [7, 11) is 1.26. The standard InChI is InChI=1S/C11H19F3N2O3/c1-3-8(6-9(17)18)7-15-10(19)16(2)5-4-11(12,13)14/h8H,3-7H2,1-2H3,(H,15,19)(H,17,18). The van der Waals surface area contributed by atoms with Gasteiger partial charge in [0, 0.05) is 26.6 Å². The molecular formula is C11H19F3N2O3. The summed E-state index contributed by atoms with van der Waals surface area (Å²) in [5.74, 6) is -1.19. The molecule has 2 N–H and O–H groups in total. The lowest BCUT2D eigenvalue weighted by Crippen LogP contribution is -2.41. The second-order valence-corrected chi connectivity index (χ2v) is 4.34. The minimum atomic E-state index is -4.30. The fourth-order valence-electron chi connectivity index (χ4n) is 1.37. The molecule has 1 unspecified atom stereocenters. The third kappa shape index (κ3) is 9.15. The van der Waals surface area contributed by atoms with Crippen molar-refractivity contribution >= 4 is 12.0 Å². The van der Waals surface area contributed by atoms with Crippen molar-refractivity contribution in [2.45, 2.75) is 32.4 Å². The van der Waals surface area contributed by atoms with Crippen LogP contribution in [0.1, 0.15) is 26.2 Å². The number of alkyl halides is 3. The molecule has 0 saturated heterocycles. The molecule has 2 amide bonds. The van der Waals surface area contributed by atoms with Crippen molar-refractivity contribution in [1.29, 1.82) is 0 Å². The summed E-state index contributed by atoms with van der Waals surface area (Å²) in [5.41, 5.74) is 0. The molecule has 5 nitrogen and oxygen atoms in total. The molecule has 0 aliphatic heterocycles. The summed E-state index contributed by atoms with van der Waals surface area (Å²) in [6.45, 7) is 1.50. The molecule has 0 radical (unpaired) electrons. The van der Waals surface area contributed by atoms with E-state index in [9.17, 15) is 22.8 Å². The van der Waals surface area contributed by atoms with E-state index in [0.29, 0.717) is 6.42 Å². The van der Waals surface area contributed by atoms with E-state index in [1.165, 1.54) is 7.05 Å². The highest BCUT2D eigenvalue weighted by Gasteiger charge is 2.28. The van der Waals surface area contributed by atoms with Gasteiger partial charge in [-0.05, 0) is 5.92 Å². The number of hydrogen-bond acceptors (Lipinski definition) is 2. The Morgan fingerprint density at radius 2 is 1.95 bits per heavy atom. The van der Waals surface area contributed by atoms with Crippen LogP contribution in [0, 0.1) is 5.92 Å². The number of halogens is 3. The van der Waals surface area contributed by atoms with Crippen molar-refractivity contribution in [3.8, 4) is 0 Å². The molecule has 0 saturated carbocycles. The van der Waals surface area contributed by atoms with Gasteiger partial charge in [0.2, 0.25) is 0 Å². The molecule has 0 aromatic heterocycles. The molecule has 8 heteroatoms. The van der Waals surface area contributed by atoms with Gasteiger partial charge in [-0.25, -0.2) is 4.79 Å². The third-order valence-corrected chi connectivity index (χ3v) is 2.66. The van der Waals surface area contributed by atoms with E-state index >= 15 is 0 Å². The predicted molar refractivity (Wildman–Crippen MR) is 62.7 cm³/mol. The molecule has 19 heavy (non-hydrogen) atoms. The van der Waals surface area contributed by atoms with Crippen LogP contribution in [0.5, 0.6) is 0 Å². The van der Waals surface area contributed by atoms with Gasteiger partial charge >= 0.3 is 18.2 Å². The van der Waals surface area contributed by atoms with Gasteiger partial charge < -0.3 is 15.3 Å². The molecule has 0 aromatic carbocycles. The highest BCUT2D eigenvalue weighted by Crippen LogP contribution is 2.19. The number of aliphatic carboxylic acids is 1. The van der Waals surface area contributed by atoms with Gasteiger partial charge in [-0.2, -0.15) is 13.2 Å². The maximum absolute atomic E-state index is 12.0. The molecule has 112 valence electrons. The van der Waals surface area contributed by atoms with Crippen LogP contribution in [0.3, 0.4) is 0 Å². The number of carboxylic acid groups (broad SMARTS) is 1. The van der Waals surface area contributed by atoms with E-state index in [1.54, 1.807) is 6.92 Å². The van der Waals surface area contributed by atoms with Crippen LogP contribution < -0.4 is 5.32 Å². The molecule has 0 bridgehead atoms. The smallest absolute Gasteiger partial charge is 0.390 e. The average Bonchev–Trinajstić information content (AvgIpc) is 2.29. The second-order valence-electron chi connectivity index (χ2n) is 4.34. The lowest BCUT2D eigenvalue weighted by Gasteiger charge is -2.20. The zero-order chi connectivity index (χ0) is 15.1. The quantitative estimate of drug-likeness (QED) is 0.752. The third-order valence-electron chi connectivity index (χ3n) is 2.66. The van der Waals surface area contributed by atoms with Gasteiger partial charge in [-0.1, -0.05) is 13.3 Å². The van der Waals surface area contributed by atoms with Crippen molar-refractivity contribution in [2.75, 3.05) is 20.1 Å². The minimum absolute atomic E-state index is 0.0803. The minimum Gasteiger partial charge on any atom is -0.481 e. The largest absolute Gasteiger partial charge is 0.481 e. The van der Waals surface area contributed by atoms with Crippen LogP contribution in [0.25, 0.3) is 0 Å². The SMILES string of the molecule is CCC(CNC(=O)N(C)CCC(F)(F)F)CC(=O)O. The van der Waals surface area contributed by atoms with Crippen molar-refractivity contribution in [2.24, 2.45) is 5.92 Å². The summed E-state index contributed by atoms with van der Waals surface area (Å²) < 4.78 is 35.9. The van der Waals surface area contributed by atoms with Gasteiger partial charge in [0.1, 0.15) is 0 Å². The van der Waals surface area contributed by atoms with E-state index in [4.69, 9.17) is 5.11 Å². The number of carboxylic acids is 1. The maximum Gasteiger partial charge on any atom is 0.390 e. The number of carbonyl (C=O) groups is 2. The Hall–Kier alpha value is -1.47. The van der Waals surface area contributed by atoms with E-state index in [0.717, 1.165) is 4.90 Å². The van der Waals surface area contributed by atoms with Gasteiger partial charge in [-0.3, -0.25) is 4.79 Å². The first kappa shape index (κ1) is 17.5. The second kappa shape index (κ2) is 7.85. The highest BCUT2D eigenvalue weighted by molar-refractivity contribution is 5.74. The number of hydrogen-bond donors (Lipinski definition) is 2. The predicted octanol–water partition coefficient (Wildman–Crippen LogP) is 2.08. The zero-order valence-corrected chi connectivity index (χ0v) is 11.0. The van der Waals surface area contributed by atoms with Crippen LogP contribution in [0.4, 0.5) is 18.0 Å². The molecule has 0 heterocycles. The first-order valence-corrected chi connectivity index (χ1v) is 5.93. The fraction of sp³-hybridized carbons (Fsp3) is 0.818. The normalized spacial score (nSPS) is 12.9. The monoisotopic (exact) mass is 284 g/mol. The van der Waals surface area contributed by atoms with Gasteiger partial charge in [0.25, 0.3) is 0 Å². The number of amides is 2. The molecule has 0 aliphatic carbocycles. The number of nitrogens with zero attached hydrogens (tertiary/aromatic N) is 1. The van der Waals surface area contributed by atoms with E-state index in [2.05, 4.69) is 5.32 Å². The van der Waals surface area contributed by atoms with Crippen LogP contribution in [0.15, 0.2) is 0 Å². The van der Waals surface area contributed by atoms with Crippen LogP contribution >= 0.6 is 0 Å². The Labute approximate surface area is 109 Å². The molecule has 0 aromatic rings. The fourth-order valence-corrected chi connectivity index (χ4v) is 1.37. The van der Waals surface area contributed by atoms with Crippen LogP contribution in [0.2, 0.25) is 0 Å². The summed E-state index contributed by atoms with van der Waals surface area (Å²) in [4.78, 5) is 22.9. The lowest BCUT2D eigenvalue weighted by molar-refractivity contribution is -0.138. The topological polar surface area (TPSA) is 69.6 Å². The Morgan fingerprint density at radius 3 is 2.37 bits per heavy atom.